The predicted octanol–water partition coefficient (Wildman–Crippen LogP) is 1.86. The van der Waals surface area contributed by atoms with Crippen LogP contribution in [0.1, 0.15) is 11.1 Å². The summed E-state index contributed by atoms with van der Waals surface area (Å²) in [4.78, 5) is 23.4. The molecule has 0 aliphatic carbocycles. The molecule has 7 heteroatoms. The van der Waals surface area contributed by atoms with Gasteiger partial charge in [0.15, 0.2) is 0 Å². The molecule has 1 atom stereocenters. The van der Waals surface area contributed by atoms with Gasteiger partial charge in [0.25, 0.3) is 0 Å². The smallest absolute Gasteiger partial charge is 0.240 e. The first-order valence-electron chi connectivity index (χ1n) is 7.13. The van der Waals surface area contributed by atoms with Crippen LogP contribution < -0.4 is 11.1 Å². The molecule has 0 unspecified atom stereocenters. The van der Waals surface area contributed by atoms with Gasteiger partial charge in [0.05, 0.1) is 6.42 Å². The summed E-state index contributed by atoms with van der Waals surface area (Å²) in [7, 11) is 0. The zero-order valence-electron chi connectivity index (χ0n) is 12.6. The van der Waals surface area contributed by atoms with Crippen LogP contribution in [0.25, 0.3) is 0 Å². The number of rotatable bonds is 6. The van der Waals surface area contributed by atoms with Gasteiger partial charge in [0.2, 0.25) is 11.8 Å². The van der Waals surface area contributed by atoms with Crippen molar-refractivity contribution in [3.63, 3.8) is 0 Å². The summed E-state index contributed by atoms with van der Waals surface area (Å²) < 4.78 is 40.0. The number of hydrogen-bond acceptors (Lipinski definition) is 2. The van der Waals surface area contributed by atoms with E-state index in [-0.39, 0.29) is 12.0 Å². The fourth-order valence-electron chi connectivity index (χ4n) is 2.19. The highest BCUT2D eigenvalue weighted by Crippen LogP contribution is 2.13. The molecule has 126 valence electrons. The van der Waals surface area contributed by atoms with E-state index in [1.165, 1.54) is 30.3 Å². The molecule has 0 radical (unpaired) electrons. The molecule has 2 aromatic rings. The average Bonchev–Trinajstić information content (AvgIpc) is 2.52. The van der Waals surface area contributed by atoms with Gasteiger partial charge in [0, 0.05) is 12.0 Å². The number of amides is 2. The topological polar surface area (TPSA) is 72.2 Å². The highest BCUT2D eigenvalue weighted by molar-refractivity contribution is 5.87. The first kappa shape index (κ1) is 17.5. The molecule has 0 saturated carbocycles. The third kappa shape index (κ3) is 4.58. The van der Waals surface area contributed by atoms with Crippen LogP contribution in [-0.4, -0.2) is 17.9 Å². The molecule has 0 fully saturated rings. The SMILES string of the molecule is NC(=O)[C@H](Cc1ccc(F)cc1)NC(=O)Cc1c(F)cccc1F. The molecule has 0 heterocycles. The monoisotopic (exact) mass is 336 g/mol. The van der Waals surface area contributed by atoms with Crippen LogP contribution in [-0.2, 0) is 22.4 Å². The van der Waals surface area contributed by atoms with Crippen LogP contribution in [0.15, 0.2) is 42.5 Å². The van der Waals surface area contributed by atoms with Crippen LogP contribution in [0.3, 0.4) is 0 Å². The summed E-state index contributed by atoms with van der Waals surface area (Å²) in [6.45, 7) is 0. The van der Waals surface area contributed by atoms with Crippen LogP contribution in [0.4, 0.5) is 13.2 Å². The lowest BCUT2D eigenvalue weighted by Gasteiger charge is -2.16. The summed E-state index contributed by atoms with van der Waals surface area (Å²) in [6.07, 6.45) is -0.521. The third-order valence-electron chi connectivity index (χ3n) is 3.43. The molecule has 2 amide bonds. The molecular weight excluding hydrogens is 321 g/mol. The van der Waals surface area contributed by atoms with Crippen LogP contribution >= 0.6 is 0 Å². The number of carbonyl (C=O) groups is 2. The van der Waals surface area contributed by atoms with Gasteiger partial charge in [0.1, 0.15) is 23.5 Å². The number of nitrogens with two attached hydrogens (primary N) is 1. The van der Waals surface area contributed by atoms with Crippen molar-refractivity contribution in [1.82, 2.24) is 5.32 Å². The number of nitrogens with one attached hydrogen (secondary N) is 1. The van der Waals surface area contributed by atoms with E-state index < -0.39 is 41.7 Å². The van der Waals surface area contributed by atoms with Crippen molar-refractivity contribution >= 4 is 11.8 Å². The molecule has 0 saturated heterocycles. The van der Waals surface area contributed by atoms with Gasteiger partial charge < -0.3 is 11.1 Å². The van der Waals surface area contributed by atoms with Gasteiger partial charge in [-0.15, -0.1) is 0 Å². The molecule has 0 bridgehead atoms. The second-order valence-corrected chi connectivity index (χ2v) is 5.23. The van der Waals surface area contributed by atoms with Crippen molar-refractivity contribution < 1.29 is 22.8 Å². The molecule has 2 aromatic carbocycles. The van der Waals surface area contributed by atoms with Crippen molar-refractivity contribution in [3.05, 3.63) is 71.0 Å². The Hall–Kier alpha value is -2.83. The van der Waals surface area contributed by atoms with E-state index in [0.29, 0.717) is 5.56 Å². The first-order chi connectivity index (χ1) is 11.4. The van der Waals surface area contributed by atoms with E-state index in [1.807, 2.05) is 0 Å². The Labute approximate surface area is 136 Å². The van der Waals surface area contributed by atoms with E-state index in [2.05, 4.69) is 5.32 Å². The van der Waals surface area contributed by atoms with E-state index >= 15 is 0 Å². The van der Waals surface area contributed by atoms with Crippen molar-refractivity contribution in [3.8, 4) is 0 Å². The lowest BCUT2D eigenvalue weighted by Crippen LogP contribution is -2.46. The number of hydrogen-bond donors (Lipinski definition) is 2. The van der Waals surface area contributed by atoms with Gasteiger partial charge in [-0.3, -0.25) is 9.59 Å². The summed E-state index contributed by atoms with van der Waals surface area (Å²) in [5.74, 6) is -3.68. The van der Waals surface area contributed by atoms with Crippen molar-refractivity contribution in [2.45, 2.75) is 18.9 Å². The Balaban J connectivity index is 2.06. The number of benzene rings is 2. The standard InChI is InChI=1S/C17H15F3N2O2/c18-11-6-4-10(5-7-11)8-15(17(21)24)22-16(23)9-12-13(19)2-1-3-14(12)20/h1-7,15H,8-9H2,(H2,21,24)(H,22,23)/t15-/m0/s1. The maximum atomic E-state index is 13.5. The molecule has 0 aromatic heterocycles. The number of halogens is 3. The van der Waals surface area contributed by atoms with Gasteiger partial charge in [-0.05, 0) is 29.8 Å². The Morgan fingerprint density at radius 2 is 1.58 bits per heavy atom. The Morgan fingerprint density at radius 1 is 1.00 bits per heavy atom. The normalized spacial score (nSPS) is 11.8. The maximum absolute atomic E-state index is 13.5. The average molecular weight is 336 g/mol. The predicted molar refractivity (Wildman–Crippen MR) is 81.3 cm³/mol. The van der Waals surface area contributed by atoms with Gasteiger partial charge >= 0.3 is 0 Å². The highest BCUT2D eigenvalue weighted by Gasteiger charge is 2.20. The van der Waals surface area contributed by atoms with Gasteiger partial charge in [-0.2, -0.15) is 0 Å². The zero-order chi connectivity index (χ0) is 17.7. The Kier molecular flexibility index (Phi) is 5.57. The minimum absolute atomic E-state index is 0.0428. The summed E-state index contributed by atoms with van der Waals surface area (Å²) in [5.41, 5.74) is 5.43. The lowest BCUT2D eigenvalue weighted by atomic mass is 10.0. The maximum Gasteiger partial charge on any atom is 0.240 e. The van der Waals surface area contributed by atoms with Crippen LogP contribution in [0, 0.1) is 17.5 Å². The summed E-state index contributed by atoms with van der Waals surface area (Å²) >= 11 is 0. The minimum atomic E-state index is -1.07. The minimum Gasteiger partial charge on any atom is -0.368 e. The van der Waals surface area contributed by atoms with Crippen molar-refractivity contribution in [2.75, 3.05) is 0 Å². The van der Waals surface area contributed by atoms with Crippen LogP contribution in [0.5, 0.6) is 0 Å². The fourth-order valence-corrected chi connectivity index (χ4v) is 2.19. The summed E-state index contributed by atoms with van der Waals surface area (Å²) in [5, 5.41) is 2.34. The molecule has 0 spiro atoms. The molecule has 0 aliphatic heterocycles. The third-order valence-corrected chi connectivity index (χ3v) is 3.43. The second kappa shape index (κ2) is 7.63. The molecule has 2 rings (SSSR count). The Morgan fingerprint density at radius 3 is 2.12 bits per heavy atom. The van der Waals surface area contributed by atoms with Gasteiger partial charge in [-0.25, -0.2) is 13.2 Å². The van der Waals surface area contributed by atoms with Gasteiger partial charge in [-0.1, -0.05) is 18.2 Å². The number of primary amides is 1. The van der Waals surface area contributed by atoms with Crippen LogP contribution in [0.2, 0.25) is 0 Å². The lowest BCUT2D eigenvalue weighted by molar-refractivity contribution is -0.127. The summed E-state index contributed by atoms with van der Waals surface area (Å²) in [6, 6.07) is 7.52. The van der Waals surface area contributed by atoms with E-state index in [0.717, 1.165) is 12.1 Å². The quantitative estimate of drug-likeness (QED) is 0.845. The molecule has 4 nitrogen and oxygen atoms in total. The zero-order valence-corrected chi connectivity index (χ0v) is 12.6. The van der Waals surface area contributed by atoms with Crippen molar-refractivity contribution in [1.29, 1.82) is 0 Å². The second-order valence-electron chi connectivity index (χ2n) is 5.23. The number of carbonyl (C=O) groups excluding carboxylic acids is 2. The highest BCUT2D eigenvalue weighted by atomic mass is 19.1. The van der Waals surface area contributed by atoms with E-state index in [1.54, 1.807) is 0 Å². The fraction of sp³-hybridized carbons (Fsp3) is 0.176. The van der Waals surface area contributed by atoms with E-state index in [9.17, 15) is 22.8 Å². The molecule has 0 aliphatic rings. The van der Waals surface area contributed by atoms with E-state index in [4.69, 9.17) is 5.73 Å². The van der Waals surface area contributed by atoms with Crippen molar-refractivity contribution in [2.24, 2.45) is 5.73 Å². The Bertz CT molecular complexity index is 728. The molecule has 24 heavy (non-hydrogen) atoms. The first-order valence-corrected chi connectivity index (χ1v) is 7.13. The molecule has 3 N–H and O–H groups in total. The molecular formula is C17H15F3N2O2. The largest absolute Gasteiger partial charge is 0.368 e.